The number of para-hydroxylation sites is 4. The van der Waals surface area contributed by atoms with Gasteiger partial charge in [-0.25, -0.2) is 0 Å². The second-order valence-electron chi connectivity index (χ2n) is 26.5. The Kier molecular flexibility index (Phi) is 13.5. The third-order valence-electron chi connectivity index (χ3n) is 21.1. The molecule has 0 N–H and O–H groups in total. The van der Waals surface area contributed by atoms with Crippen molar-refractivity contribution in [2.75, 3.05) is 9.80 Å². The lowest BCUT2D eigenvalue weighted by Gasteiger charge is -2.51. The highest BCUT2D eigenvalue weighted by atomic mass is 16.3. The van der Waals surface area contributed by atoms with Gasteiger partial charge in [-0.1, -0.05) is 303 Å². The summed E-state index contributed by atoms with van der Waals surface area (Å²) < 4.78 is 14.4. The summed E-state index contributed by atoms with van der Waals surface area (Å²) in [5.41, 5.74) is 30.6. The van der Waals surface area contributed by atoms with Crippen LogP contribution < -0.4 is 9.80 Å². The summed E-state index contributed by atoms with van der Waals surface area (Å²) in [6.07, 6.45) is 0. The lowest BCUT2D eigenvalue weighted by molar-refractivity contribution is 0.667. The monoisotopic (exact) mass is 1290 g/mol. The van der Waals surface area contributed by atoms with Crippen molar-refractivity contribution in [3.63, 3.8) is 0 Å². The minimum Gasteiger partial charge on any atom is -0.454 e. The zero-order valence-corrected chi connectivity index (χ0v) is 55.0. The van der Waals surface area contributed by atoms with Crippen LogP contribution in [-0.2, 0) is 5.41 Å². The third kappa shape index (κ3) is 9.16. The predicted molar refractivity (Wildman–Crippen MR) is 419 cm³/mol. The Labute approximate surface area is 585 Å². The molecule has 2 aliphatic heterocycles. The molecule has 4 nitrogen and oxygen atoms in total. The Morgan fingerprint density at radius 2 is 0.416 bits per heavy atom. The van der Waals surface area contributed by atoms with Crippen LogP contribution >= 0.6 is 0 Å². The van der Waals surface area contributed by atoms with Crippen molar-refractivity contribution in [2.24, 2.45) is 0 Å². The number of rotatable bonds is 10. The highest BCUT2D eigenvalue weighted by Crippen LogP contribution is 2.67. The molecule has 0 unspecified atom stereocenters. The van der Waals surface area contributed by atoms with E-state index in [0.29, 0.717) is 0 Å². The first-order valence-electron chi connectivity index (χ1n) is 34.7. The third-order valence-corrected chi connectivity index (χ3v) is 21.1. The van der Waals surface area contributed by atoms with Gasteiger partial charge in [0.15, 0.2) is 11.2 Å². The van der Waals surface area contributed by atoms with Crippen molar-refractivity contribution in [3.8, 4) is 89.0 Å². The summed E-state index contributed by atoms with van der Waals surface area (Å²) in [5.74, 6) is 0. The van der Waals surface area contributed by atoms with Gasteiger partial charge >= 0.3 is 0 Å². The van der Waals surface area contributed by atoms with Gasteiger partial charge < -0.3 is 18.6 Å². The van der Waals surface area contributed by atoms with Crippen molar-refractivity contribution >= 4 is 78.0 Å². The van der Waals surface area contributed by atoms with E-state index in [1.54, 1.807) is 0 Å². The molecule has 20 rings (SSSR count). The fourth-order valence-corrected chi connectivity index (χ4v) is 16.7. The van der Waals surface area contributed by atoms with Crippen molar-refractivity contribution in [3.05, 3.63) is 398 Å². The van der Waals surface area contributed by atoms with Crippen molar-refractivity contribution in [1.29, 1.82) is 0 Å². The fraction of sp³-hybridized carbons (Fsp3) is 0.0103. The number of benzene rings is 16. The van der Waals surface area contributed by atoms with E-state index in [1.807, 2.05) is 0 Å². The lowest BCUT2D eigenvalue weighted by atomic mass is 9.59. The summed E-state index contributed by atoms with van der Waals surface area (Å²) in [4.78, 5) is 5.04. The predicted octanol–water partition coefficient (Wildman–Crippen LogP) is 26.8. The number of anilines is 6. The minimum absolute atomic E-state index is 0.813. The van der Waals surface area contributed by atoms with Crippen LogP contribution in [0.1, 0.15) is 22.3 Å². The maximum Gasteiger partial charge on any atom is 0.159 e. The van der Waals surface area contributed by atoms with Crippen LogP contribution in [0.2, 0.25) is 0 Å². The van der Waals surface area contributed by atoms with E-state index in [2.05, 4.69) is 386 Å². The summed E-state index contributed by atoms with van der Waals surface area (Å²) in [5, 5.41) is 4.24. The smallest absolute Gasteiger partial charge is 0.159 e. The quantitative estimate of drug-likeness (QED) is 0.137. The molecule has 0 amide bonds. The van der Waals surface area contributed by atoms with E-state index in [-0.39, 0.29) is 0 Å². The number of fused-ring (bicyclic) bond motifs is 14. The van der Waals surface area contributed by atoms with Gasteiger partial charge in [0.05, 0.1) is 39.5 Å². The van der Waals surface area contributed by atoms with Crippen LogP contribution in [0.4, 0.5) is 34.1 Å². The van der Waals surface area contributed by atoms with Crippen LogP contribution in [0.15, 0.2) is 385 Å². The fourth-order valence-electron chi connectivity index (χ4n) is 16.7. The first-order chi connectivity index (χ1) is 50.1. The molecule has 16 aromatic carbocycles. The summed E-state index contributed by atoms with van der Waals surface area (Å²) >= 11 is 0. The Hall–Kier alpha value is -13.3. The van der Waals surface area contributed by atoms with E-state index >= 15 is 0 Å². The van der Waals surface area contributed by atoms with Crippen molar-refractivity contribution < 1.29 is 8.83 Å². The molecule has 4 heterocycles. The highest BCUT2D eigenvalue weighted by molar-refractivity contribution is 6.14. The second kappa shape index (κ2) is 23.5. The largest absolute Gasteiger partial charge is 0.454 e. The van der Waals surface area contributed by atoms with Gasteiger partial charge in [0.1, 0.15) is 11.2 Å². The van der Waals surface area contributed by atoms with E-state index in [1.165, 1.54) is 0 Å². The molecule has 0 saturated heterocycles. The Balaban J connectivity index is 0.991. The van der Waals surface area contributed by atoms with Gasteiger partial charge in [0.2, 0.25) is 0 Å². The summed E-state index contributed by atoms with van der Waals surface area (Å²) in [6.45, 7) is 0. The molecule has 4 heteroatoms. The first kappa shape index (κ1) is 57.9. The molecule has 0 radical (unpaired) electrons. The van der Waals surface area contributed by atoms with Crippen LogP contribution in [-0.4, -0.2) is 0 Å². The molecule has 2 aromatic heterocycles. The number of nitrogens with zero attached hydrogens (tertiary/aromatic N) is 2. The molecule has 1 spiro atoms. The number of furan rings is 2. The van der Waals surface area contributed by atoms with Crippen LogP contribution in [0.5, 0.6) is 0 Å². The summed E-state index contributed by atoms with van der Waals surface area (Å²) in [6, 6.07) is 139. The number of hydrogen-bond acceptors (Lipinski definition) is 4. The molecule has 472 valence electrons. The highest BCUT2D eigenvalue weighted by Gasteiger charge is 2.53. The molecule has 0 atom stereocenters. The average molecular weight is 1290 g/mol. The standard InChI is InChI=1S/C97H62N2O2/c1-5-27-63(28-6-1)71-35-13-17-39-75(71)67-51-55-87-83(59-67)97(84-60-68(76-40-18-14-36-72(76)64-29-7-2-8-30-64)52-56-88(84)98(87)91-47-25-45-81-79-43-21-23-49-93(79)100-95(81)91)85-61-69(77-41-19-15-37-73(77)65-31-9-3-10-32-65)53-57-89(85)99(92-48-26-46-82-80-44-22-24-50-94(80)101-96(82)92)90-58-54-70(62-86(90)97)78-42-20-16-38-74(78)66-33-11-4-12-34-66/h1-62H. The van der Waals surface area contributed by atoms with E-state index < -0.39 is 5.41 Å². The number of hydrogen-bond donors (Lipinski definition) is 0. The molecule has 0 saturated carbocycles. The van der Waals surface area contributed by atoms with Crippen LogP contribution in [0.3, 0.4) is 0 Å². The van der Waals surface area contributed by atoms with Crippen LogP contribution in [0.25, 0.3) is 133 Å². The summed E-state index contributed by atoms with van der Waals surface area (Å²) in [7, 11) is 0. The second-order valence-corrected chi connectivity index (χ2v) is 26.5. The van der Waals surface area contributed by atoms with E-state index in [0.717, 1.165) is 189 Å². The molecule has 0 fully saturated rings. The normalized spacial score (nSPS) is 12.8. The average Bonchev–Trinajstić information content (AvgIpc) is 0.793. The van der Waals surface area contributed by atoms with Crippen molar-refractivity contribution in [1.82, 2.24) is 0 Å². The topological polar surface area (TPSA) is 32.8 Å². The van der Waals surface area contributed by atoms with Gasteiger partial charge in [-0.3, -0.25) is 0 Å². The SMILES string of the molecule is c1ccc(-c2ccccc2-c2ccc3c(c2)C2(c4cc(-c5ccccc5-c5ccccc5)ccc4N3c3cccc4c3oc3ccccc34)c3cc(-c4ccccc4-c4ccccc4)ccc3N(c3cccc4c3oc3ccccc34)c3ccc(-c4ccccc4-c4ccccc4)cc32)cc1. The Morgan fingerprint density at radius 1 is 0.178 bits per heavy atom. The molecule has 18 aromatic rings. The zero-order chi connectivity index (χ0) is 66.5. The molecule has 2 aliphatic rings. The zero-order valence-electron chi connectivity index (χ0n) is 55.0. The first-order valence-corrected chi connectivity index (χ1v) is 34.7. The van der Waals surface area contributed by atoms with E-state index in [4.69, 9.17) is 8.83 Å². The molecular formula is C97H62N2O2. The van der Waals surface area contributed by atoms with Gasteiger partial charge in [-0.2, -0.15) is 0 Å². The minimum atomic E-state index is -1.14. The van der Waals surface area contributed by atoms with E-state index in [9.17, 15) is 0 Å². The molecule has 101 heavy (non-hydrogen) atoms. The van der Waals surface area contributed by atoms with Crippen LogP contribution in [0, 0.1) is 0 Å². The van der Waals surface area contributed by atoms with Gasteiger partial charge in [0, 0.05) is 21.5 Å². The molecule has 0 aliphatic carbocycles. The van der Waals surface area contributed by atoms with Crippen molar-refractivity contribution in [2.45, 2.75) is 5.41 Å². The van der Waals surface area contributed by atoms with Gasteiger partial charge in [-0.05, 0) is 184 Å². The van der Waals surface area contributed by atoms with Gasteiger partial charge in [-0.15, -0.1) is 0 Å². The Bertz CT molecular complexity index is 5630. The van der Waals surface area contributed by atoms with Gasteiger partial charge in [0.25, 0.3) is 0 Å². The molecular weight excluding hydrogens is 1230 g/mol. The molecule has 0 bridgehead atoms. The lowest BCUT2D eigenvalue weighted by Crippen LogP contribution is -2.42. The maximum atomic E-state index is 7.22. The maximum absolute atomic E-state index is 7.22. The Morgan fingerprint density at radius 3 is 0.703 bits per heavy atom.